The Bertz CT molecular complexity index is 992. The van der Waals surface area contributed by atoms with Gasteiger partial charge in [0, 0.05) is 11.6 Å². The standard InChI is InChI=1S/C21H19N5O/c27-21-17(13-15-7-3-1-4-8-15)14-25-20(22-23-24-25)19(26(21)18-11-12-18)16-9-5-2-6-10-16/h1-10,13,18-19H,11-12,14H2/b17-13-. The smallest absolute Gasteiger partial charge is 0.252 e. The molecular formula is C21H19N5O. The Kier molecular flexibility index (Phi) is 3.81. The van der Waals surface area contributed by atoms with Gasteiger partial charge in [0.2, 0.25) is 0 Å². The summed E-state index contributed by atoms with van der Waals surface area (Å²) < 4.78 is 1.76. The Hall–Kier alpha value is -3.28. The number of hydrogen-bond donors (Lipinski definition) is 0. The fourth-order valence-electron chi connectivity index (χ4n) is 3.69. The summed E-state index contributed by atoms with van der Waals surface area (Å²) in [4.78, 5) is 15.5. The van der Waals surface area contributed by atoms with Crippen LogP contribution in [0.3, 0.4) is 0 Å². The maximum Gasteiger partial charge on any atom is 0.252 e. The third-order valence-electron chi connectivity index (χ3n) is 5.11. The lowest BCUT2D eigenvalue weighted by atomic mass is 10.0. The first kappa shape index (κ1) is 15.9. The molecule has 2 heterocycles. The predicted molar refractivity (Wildman–Crippen MR) is 100 cm³/mol. The second kappa shape index (κ2) is 6.46. The van der Waals surface area contributed by atoms with Gasteiger partial charge in [-0.05, 0) is 40.5 Å². The second-order valence-corrected chi connectivity index (χ2v) is 7.03. The molecular weight excluding hydrogens is 338 g/mol. The SMILES string of the molecule is O=C1/C(=C\c2ccccc2)Cn2nnnc2C(c2ccccc2)N1C1CC1. The zero-order valence-electron chi connectivity index (χ0n) is 14.8. The summed E-state index contributed by atoms with van der Waals surface area (Å²) in [6.45, 7) is 0.378. The molecule has 1 unspecified atom stereocenters. The minimum absolute atomic E-state index is 0.0579. The van der Waals surface area contributed by atoms with Crippen LogP contribution in [0.2, 0.25) is 0 Å². The van der Waals surface area contributed by atoms with Crippen LogP contribution in [0.5, 0.6) is 0 Å². The van der Waals surface area contributed by atoms with Crippen LogP contribution in [-0.4, -0.2) is 37.1 Å². The minimum atomic E-state index is -0.261. The van der Waals surface area contributed by atoms with E-state index >= 15 is 0 Å². The number of nitrogens with zero attached hydrogens (tertiary/aromatic N) is 5. The van der Waals surface area contributed by atoms with Crippen molar-refractivity contribution in [2.24, 2.45) is 0 Å². The molecule has 0 N–H and O–H groups in total. The topological polar surface area (TPSA) is 63.9 Å². The Balaban J connectivity index is 1.65. The molecule has 27 heavy (non-hydrogen) atoms. The lowest BCUT2D eigenvalue weighted by Gasteiger charge is -2.29. The molecule has 1 atom stereocenters. The van der Waals surface area contributed by atoms with Gasteiger partial charge in [0.05, 0.1) is 6.54 Å². The molecule has 6 heteroatoms. The first-order chi connectivity index (χ1) is 13.3. The highest BCUT2D eigenvalue weighted by atomic mass is 16.2. The largest absolute Gasteiger partial charge is 0.321 e. The van der Waals surface area contributed by atoms with Crippen molar-refractivity contribution in [2.75, 3.05) is 0 Å². The van der Waals surface area contributed by atoms with Gasteiger partial charge in [-0.1, -0.05) is 60.7 Å². The first-order valence-corrected chi connectivity index (χ1v) is 9.20. The Morgan fingerprint density at radius 2 is 1.67 bits per heavy atom. The number of aromatic nitrogens is 4. The number of carbonyl (C=O) groups is 1. The lowest BCUT2D eigenvalue weighted by Crippen LogP contribution is -2.37. The second-order valence-electron chi connectivity index (χ2n) is 7.03. The summed E-state index contributed by atoms with van der Waals surface area (Å²) in [7, 11) is 0. The first-order valence-electron chi connectivity index (χ1n) is 9.20. The molecule has 0 bridgehead atoms. The zero-order chi connectivity index (χ0) is 18.2. The van der Waals surface area contributed by atoms with Crippen molar-refractivity contribution >= 4 is 12.0 Å². The van der Waals surface area contributed by atoms with Gasteiger partial charge in [0.25, 0.3) is 5.91 Å². The van der Waals surface area contributed by atoms with Gasteiger partial charge in [-0.15, -0.1) is 5.10 Å². The number of benzene rings is 2. The van der Waals surface area contributed by atoms with Crippen molar-refractivity contribution in [3.05, 3.63) is 83.2 Å². The summed E-state index contributed by atoms with van der Waals surface area (Å²) in [6, 6.07) is 19.9. The van der Waals surface area contributed by atoms with E-state index in [0.717, 1.165) is 29.8 Å². The summed E-state index contributed by atoms with van der Waals surface area (Å²) >= 11 is 0. The van der Waals surface area contributed by atoms with Crippen LogP contribution in [0, 0.1) is 0 Å². The molecule has 2 aliphatic rings. The average molecular weight is 357 g/mol. The van der Waals surface area contributed by atoms with Crippen molar-refractivity contribution in [3.8, 4) is 0 Å². The highest BCUT2D eigenvalue weighted by molar-refractivity contribution is 5.99. The molecule has 1 aromatic heterocycles. The number of tetrazole rings is 1. The van der Waals surface area contributed by atoms with Crippen molar-refractivity contribution in [3.63, 3.8) is 0 Å². The van der Waals surface area contributed by atoms with Gasteiger partial charge >= 0.3 is 0 Å². The normalized spacial score (nSPS) is 21.2. The van der Waals surface area contributed by atoms with Crippen LogP contribution < -0.4 is 0 Å². The summed E-state index contributed by atoms with van der Waals surface area (Å²) in [5.74, 6) is 0.778. The summed E-state index contributed by atoms with van der Waals surface area (Å²) in [5, 5.41) is 12.4. The van der Waals surface area contributed by atoms with Gasteiger partial charge in [-0.2, -0.15) is 0 Å². The van der Waals surface area contributed by atoms with Gasteiger partial charge in [-0.25, -0.2) is 4.68 Å². The van der Waals surface area contributed by atoms with E-state index in [4.69, 9.17) is 0 Å². The van der Waals surface area contributed by atoms with E-state index in [2.05, 4.69) is 15.5 Å². The molecule has 2 aromatic carbocycles. The summed E-state index contributed by atoms with van der Waals surface area (Å²) in [6.07, 6.45) is 4.00. The Morgan fingerprint density at radius 3 is 2.37 bits per heavy atom. The molecule has 1 aliphatic carbocycles. The van der Waals surface area contributed by atoms with Crippen LogP contribution in [0.25, 0.3) is 6.08 Å². The van der Waals surface area contributed by atoms with E-state index in [9.17, 15) is 4.79 Å². The quantitative estimate of drug-likeness (QED) is 0.676. The molecule has 1 amide bonds. The van der Waals surface area contributed by atoms with Crippen molar-refractivity contribution in [1.82, 2.24) is 25.1 Å². The molecule has 0 radical (unpaired) electrons. The number of hydrogen-bond acceptors (Lipinski definition) is 4. The maximum absolute atomic E-state index is 13.5. The van der Waals surface area contributed by atoms with E-state index < -0.39 is 0 Å². The van der Waals surface area contributed by atoms with Crippen LogP contribution in [-0.2, 0) is 11.3 Å². The van der Waals surface area contributed by atoms with Gasteiger partial charge < -0.3 is 4.90 Å². The average Bonchev–Trinajstić information content (AvgIpc) is 3.46. The zero-order valence-corrected chi connectivity index (χ0v) is 14.8. The minimum Gasteiger partial charge on any atom is -0.321 e. The molecule has 3 aromatic rings. The number of amides is 1. The maximum atomic E-state index is 13.5. The van der Waals surface area contributed by atoms with Gasteiger partial charge in [0.1, 0.15) is 6.04 Å². The van der Waals surface area contributed by atoms with E-state index in [1.54, 1.807) is 4.68 Å². The number of fused-ring (bicyclic) bond motifs is 1. The van der Waals surface area contributed by atoms with E-state index in [0.29, 0.717) is 12.1 Å². The molecule has 5 rings (SSSR count). The van der Waals surface area contributed by atoms with E-state index in [1.807, 2.05) is 71.6 Å². The van der Waals surface area contributed by atoms with Crippen LogP contribution >= 0.6 is 0 Å². The van der Waals surface area contributed by atoms with E-state index in [-0.39, 0.29) is 18.0 Å². The fraction of sp³-hybridized carbons (Fsp3) is 0.238. The molecule has 0 saturated heterocycles. The molecule has 1 fully saturated rings. The molecule has 1 saturated carbocycles. The van der Waals surface area contributed by atoms with Crippen molar-refractivity contribution in [2.45, 2.75) is 31.5 Å². The van der Waals surface area contributed by atoms with Gasteiger partial charge in [-0.3, -0.25) is 4.79 Å². The van der Waals surface area contributed by atoms with Gasteiger partial charge in [0.15, 0.2) is 5.82 Å². The molecule has 6 nitrogen and oxygen atoms in total. The third-order valence-corrected chi connectivity index (χ3v) is 5.11. The van der Waals surface area contributed by atoms with Crippen LogP contribution in [0.1, 0.15) is 35.8 Å². The Morgan fingerprint density at radius 1 is 0.963 bits per heavy atom. The molecule has 1 aliphatic heterocycles. The third kappa shape index (κ3) is 2.93. The summed E-state index contributed by atoms with van der Waals surface area (Å²) in [5.41, 5.74) is 2.75. The monoisotopic (exact) mass is 357 g/mol. The molecule has 0 spiro atoms. The van der Waals surface area contributed by atoms with Crippen LogP contribution in [0.4, 0.5) is 0 Å². The molecule has 134 valence electrons. The van der Waals surface area contributed by atoms with Crippen molar-refractivity contribution < 1.29 is 4.79 Å². The van der Waals surface area contributed by atoms with Crippen molar-refractivity contribution in [1.29, 1.82) is 0 Å². The number of carbonyl (C=O) groups excluding carboxylic acids is 1. The predicted octanol–water partition coefficient (Wildman–Crippen LogP) is 2.85. The van der Waals surface area contributed by atoms with E-state index in [1.165, 1.54) is 0 Å². The Labute approximate surface area is 157 Å². The fourth-order valence-corrected chi connectivity index (χ4v) is 3.69. The van der Waals surface area contributed by atoms with Crippen LogP contribution in [0.15, 0.2) is 66.2 Å². The highest BCUT2D eigenvalue weighted by Gasteiger charge is 2.43. The number of rotatable bonds is 3. The lowest BCUT2D eigenvalue weighted by molar-refractivity contribution is -0.129. The highest BCUT2D eigenvalue weighted by Crippen LogP contribution is 2.40.